The summed E-state index contributed by atoms with van der Waals surface area (Å²) in [5.74, 6) is -0.914. The smallest absolute Gasteiger partial charge is 0.335 e. The van der Waals surface area contributed by atoms with E-state index < -0.39 is 5.97 Å². The standard InChI is InChI=1S/C20H23N3O4/c1-13-10-18(24)23(21-14(13)2)12-19(25)22-9-3-4-17(11-22)15-5-7-16(8-6-15)20(26)27/h5-8,10,17H,3-4,9,11-12H2,1-2H3,(H,26,27)/t17-/m0/s1. The van der Waals surface area contributed by atoms with Gasteiger partial charge in [0.1, 0.15) is 6.54 Å². The summed E-state index contributed by atoms with van der Waals surface area (Å²) in [6.07, 6.45) is 1.81. The summed E-state index contributed by atoms with van der Waals surface area (Å²) in [5.41, 5.74) is 2.55. The molecule has 3 rings (SSSR count). The van der Waals surface area contributed by atoms with E-state index in [-0.39, 0.29) is 29.5 Å². The first-order valence-electron chi connectivity index (χ1n) is 9.01. The van der Waals surface area contributed by atoms with Crippen LogP contribution < -0.4 is 5.56 Å². The van der Waals surface area contributed by atoms with Crippen molar-refractivity contribution in [2.75, 3.05) is 13.1 Å². The molecule has 142 valence electrons. The lowest BCUT2D eigenvalue weighted by molar-refractivity contribution is -0.133. The molecule has 7 heteroatoms. The molecule has 1 fully saturated rings. The number of aryl methyl sites for hydroxylation is 2. The summed E-state index contributed by atoms with van der Waals surface area (Å²) >= 11 is 0. The Hall–Kier alpha value is -2.96. The molecule has 2 aromatic rings. The van der Waals surface area contributed by atoms with Gasteiger partial charge in [-0.2, -0.15) is 5.10 Å². The van der Waals surface area contributed by atoms with Gasteiger partial charge in [0.05, 0.1) is 11.3 Å². The second kappa shape index (κ2) is 7.73. The van der Waals surface area contributed by atoms with E-state index in [1.165, 1.54) is 10.7 Å². The molecule has 1 amide bonds. The number of aromatic carboxylic acids is 1. The fourth-order valence-corrected chi connectivity index (χ4v) is 3.39. The molecule has 7 nitrogen and oxygen atoms in total. The van der Waals surface area contributed by atoms with Gasteiger partial charge < -0.3 is 10.0 Å². The second-order valence-electron chi connectivity index (χ2n) is 7.01. The van der Waals surface area contributed by atoms with Gasteiger partial charge in [-0.15, -0.1) is 0 Å². The van der Waals surface area contributed by atoms with Crippen LogP contribution in [0.2, 0.25) is 0 Å². The molecule has 1 N–H and O–H groups in total. The van der Waals surface area contributed by atoms with Gasteiger partial charge in [0.2, 0.25) is 5.91 Å². The number of carboxylic acids is 1. The summed E-state index contributed by atoms with van der Waals surface area (Å²) in [4.78, 5) is 37.5. The maximum atomic E-state index is 12.7. The van der Waals surface area contributed by atoms with Gasteiger partial charge in [0.15, 0.2) is 0 Å². The third kappa shape index (κ3) is 4.24. The zero-order valence-electron chi connectivity index (χ0n) is 15.5. The van der Waals surface area contributed by atoms with Gasteiger partial charge in [-0.05, 0) is 49.9 Å². The summed E-state index contributed by atoms with van der Waals surface area (Å²) in [6.45, 7) is 4.78. The first kappa shape index (κ1) is 18.8. The quantitative estimate of drug-likeness (QED) is 0.889. The van der Waals surface area contributed by atoms with Crippen LogP contribution in [0.5, 0.6) is 0 Å². The molecule has 1 aliphatic heterocycles. The Labute approximate surface area is 157 Å². The summed E-state index contributed by atoms with van der Waals surface area (Å²) in [6, 6.07) is 8.32. The SMILES string of the molecule is Cc1cc(=O)n(CC(=O)N2CCC[C@H](c3ccc(C(=O)O)cc3)C2)nc1C. The highest BCUT2D eigenvalue weighted by Gasteiger charge is 2.25. The van der Waals surface area contributed by atoms with Crippen molar-refractivity contribution < 1.29 is 14.7 Å². The van der Waals surface area contributed by atoms with Crippen molar-refractivity contribution in [2.45, 2.75) is 39.2 Å². The molecule has 2 heterocycles. The number of hydrogen-bond acceptors (Lipinski definition) is 4. The first-order valence-corrected chi connectivity index (χ1v) is 9.01. The highest BCUT2D eigenvalue weighted by atomic mass is 16.4. The molecule has 1 atom stereocenters. The van der Waals surface area contributed by atoms with Gasteiger partial charge in [-0.25, -0.2) is 9.48 Å². The maximum absolute atomic E-state index is 12.7. The number of nitrogens with zero attached hydrogens (tertiary/aromatic N) is 3. The molecular weight excluding hydrogens is 346 g/mol. The van der Waals surface area contributed by atoms with E-state index in [1.807, 2.05) is 26.0 Å². The van der Waals surface area contributed by atoms with Gasteiger partial charge in [-0.1, -0.05) is 12.1 Å². The van der Waals surface area contributed by atoms with Crippen LogP contribution in [0, 0.1) is 13.8 Å². The number of carbonyl (C=O) groups excluding carboxylic acids is 1. The van der Waals surface area contributed by atoms with Gasteiger partial charge in [0, 0.05) is 25.1 Å². The normalized spacial score (nSPS) is 17.0. The fraction of sp³-hybridized carbons (Fsp3) is 0.400. The van der Waals surface area contributed by atoms with Crippen molar-refractivity contribution in [1.29, 1.82) is 0 Å². The van der Waals surface area contributed by atoms with E-state index in [2.05, 4.69) is 5.10 Å². The number of carbonyl (C=O) groups is 2. The fourth-order valence-electron chi connectivity index (χ4n) is 3.39. The van der Waals surface area contributed by atoms with Crippen molar-refractivity contribution in [1.82, 2.24) is 14.7 Å². The Balaban J connectivity index is 1.70. The molecule has 1 aromatic heterocycles. The van der Waals surface area contributed by atoms with Crippen LogP contribution in [-0.4, -0.2) is 44.8 Å². The number of benzene rings is 1. The lowest BCUT2D eigenvalue weighted by Gasteiger charge is -2.33. The Morgan fingerprint density at radius 2 is 1.93 bits per heavy atom. The van der Waals surface area contributed by atoms with Gasteiger partial charge >= 0.3 is 5.97 Å². The molecule has 0 unspecified atom stereocenters. The van der Waals surface area contributed by atoms with Crippen LogP contribution in [0.15, 0.2) is 35.1 Å². The van der Waals surface area contributed by atoms with Crippen LogP contribution in [-0.2, 0) is 11.3 Å². The average Bonchev–Trinajstić information content (AvgIpc) is 2.66. The zero-order valence-corrected chi connectivity index (χ0v) is 15.5. The molecule has 0 saturated carbocycles. The maximum Gasteiger partial charge on any atom is 0.335 e. The minimum absolute atomic E-state index is 0.0649. The van der Waals surface area contributed by atoms with E-state index in [0.717, 1.165) is 29.7 Å². The number of rotatable bonds is 4. The van der Waals surface area contributed by atoms with Crippen LogP contribution in [0.25, 0.3) is 0 Å². The molecule has 1 aromatic carbocycles. The zero-order chi connectivity index (χ0) is 19.6. The van der Waals surface area contributed by atoms with Gasteiger partial charge in [0.25, 0.3) is 5.56 Å². The van der Waals surface area contributed by atoms with Crippen molar-refractivity contribution in [3.05, 3.63) is 63.1 Å². The van der Waals surface area contributed by atoms with Crippen molar-refractivity contribution in [2.24, 2.45) is 0 Å². The van der Waals surface area contributed by atoms with Crippen LogP contribution in [0.1, 0.15) is 45.9 Å². The third-order valence-electron chi connectivity index (χ3n) is 5.12. The molecular formula is C20H23N3O4. The number of carboxylic acid groups (broad SMARTS) is 1. The van der Waals surface area contributed by atoms with Crippen LogP contribution in [0.4, 0.5) is 0 Å². The lowest BCUT2D eigenvalue weighted by Crippen LogP contribution is -2.42. The summed E-state index contributed by atoms with van der Waals surface area (Å²) in [7, 11) is 0. The Bertz CT molecular complexity index is 918. The van der Waals surface area contributed by atoms with E-state index in [4.69, 9.17) is 5.11 Å². The van der Waals surface area contributed by atoms with Crippen LogP contribution in [0.3, 0.4) is 0 Å². The van der Waals surface area contributed by atoms with Crippen molar-refractivity contribution in [3.8, 4) is 0 Å². The topological polar surface area (TPSA) is 92.5 Å². The predicted octanol–water partition coefficient (Wildman–Crippen LogP) is 1.96. The number of amides is 1. The molecule has 0 bridgehead atoms. The predicted molar refractivity (Wildman–Crippen MR) is 99.9 cm³/mol. The minimum Gasteiger partial charge on any atom is -0.478 e. The number of hydrogen-bond donors (Lipinski definition) is 1. The molecule has 27 heavy (non-hydrogen) atoms. The van der Waals surface area contributed by atoms with E-state index in [1.54, 1.807) is 17.0 Å². The summed E-state index contributed by atoms with van der Waals surface area (Å²) in [5, 5.41) is 13.2. The van der Waals surface area contributed by atoms with Crippen LogP contribution >= 0.6 is 0 Å². The Kier molecular flexibility index (Phi) is 5.39. The number of aromatic nitrogens is 2. The Morgan fingerprint density at radius 1 is 1.22 bits per heavy atom. The highest BCUT2D eigenvalue weighted by Crippen LogP contribution is 2.27. The number of piperidine rings is 1. The highest BCUT2D eigenvalue weighted by molar-refractivity contribution is 5.87. The van der Waals surface area contributed by atoms with E-state index in [0.29, 0.717) is 13.1 Å². The monoisotopic (exact) mass is 369 g/mol. The molecule has 1 saturated heterocycles. The molecule has 0 spiro atoms. The number of likely N-dealkylation sites (tertiary alicyclic amines) is 1. The largest absolute Gasteiger partial charge is 0.478 e. The van der Waals surface area contributed by atoms with Crippen molar-refractivity contribution >= 4 is 11.9 Å². The minimum atomic E-state index is -0.951. The van der Waals surface area contributed by atoms with E-state index >= 15 is 0 Å². The third-order valence-corrected chi connectivity index (χ3v) is 5.12. The summed E-state index contributed by atoms with van der Waals surface area (Å²) < 4.78 is 1.22. The van der Waals surface area contributed by atoms with Gasteiger partial charge in [-0.3, -0.25) is 9.59 Å². The van der Waals surface area contributed by atoms with E-state index in [9.17, 15) is 14.4 Å². The molecule has 0 aliphatic carbocycles. The molecule has 0 radical (unpaired) electrons. The molecule has 1 aliphatic rings. The first-order chi connectivity index (χ1) is 12.8. The Morgan fingerprint density at radius 3 is 2.59 bits per heavy atom. The lowest BCUT2D eigenvalue weighted by atomic mass is 9.90. The second-order valence-corrected chi connectivity index (χ2v) is 7.01. The average molecular weight is 369 g/mol. The van der Waals surface area contributed by atoms with Crippen molar-refractivity contribution in [3.63, 3.8) is 0 Å².